The van der Waals surface area contributed by atoms with Crippen LogP contribution in [0.25, 0.3) is 0 Å². The van der Waals surface area contributed by atoms with Gasteiger partial charge in [0.1, 0.15) is 17.8 Å². The molecule has 3 aromatic carbocycles. The van der Waals surface area contributed by atoms with Crippen LogP contribution < -0.4 is 24.2 Å². The second kappa shape index (κ2) is 8.92. The van der Waals surface area contributed by atoms with Gasteiger partial charge in [0, 0.05) is 5.56 Å². The van der Waals surface area contributed by atoms with E-state index in [1.165, 1.54) is 45.6 Å². The molecular formula is C26H23FN2O6. The van der Waals surface area contributed by atoms with Crippen molar-refractivity contribution >= 4 is 23.2 Å². The molecule has 0 radical (unpaired) electrons. The highest BCUT2D eigenvalue weighted by Gasteiger charge is 2.61. The Hall–Kier alpha value is -4.11. The Balaban J connectivity index is 1.65. The van der Waals surface area contributed by atoms with Crippen LogP contribution in [-0.2, 0) is 14.4 Å². The smallest absolute Gasteiger partial charge is 0.266 e. The highest BCUT2D eigenvalue weighted by molar-refractivity contribution is 6.24. The van der Waals surface area contributed by atoms with Crippen LogP contribution in [0.4, 0.5) is 15.8 Å². The second-order valence-corrected chi connectivity index (χ2v) is 8.07. The van der Waals surface area contributed by atoms with Gasteiger partial charge >= 0.3 is 0 Å². The molecule has 3 atom stereocenters. The molecule has 0 saturated carbocycles. The third kappa shape index (κ3) is 3.55. The van der Waals surface area contributed by atoms with Gasteiger partial charge in [0.25, 0.3) is 5.91 Å². The maximum atomic E-state index is 13.7. The minimum Gasteiger partial charge on any atom is -0.493 e. The molecule has 2 amide bonds. The lowest BCUT2D eigenvalue weighted by Crippen LogP contribution is -2.37. The first-order chi connectivity index (χ1) is 17.0. The third-order valence-electron chi connectivity index (χ3n) is 6.26. The predicted octanol–water partition coefficient (Wildman–Crippen LogP) is 3.90. The lowest BCUT2D eigenvalue weighted by molar-refractivity contribution is -0.126. The maximum Gasteiger partial charge on any atom is 0.266 e. The zero-order chi connectivity index (χ0) is 24.7. The zero-order valence-corrected chi connectivity index (χ0v) is 19.3. The van der Waals surface area contributed by atoms with Gasteiger partial charge in [-0.05, 0) is 48.5 Å². The monoisotopic (exact) mass is 478 g/mol. The Morgan fingerprint density at radius 2 is 1.46 bits per heavy atom. The molecular weight excluding hydrogens is 455 g/mol. The number of carbonyl (C=O) groups is 2. The van der Waals surface area contributed by atoms with Gasteiger partial charge in [-0.25, -0.2) is 14.4 Å². The quantitative estimate of drug-likeness (QED) is 0.498. The van der Waals surface area contributed by atoms with E-state index in [1.807, 2.05) is 30.3 Å². The predicted molar refractivity (Wildman–Crippen MR) is 125 cm³/mol. The molecule has 2 saturated heterocycles. The van der Waals surface area contributed by atoms with Crippen molar-refractivity contribution < 1.29 is 33.0 Å². The van der Waals surface area contributed by atoms with Gasteiger partial charge in [-0.3, -0.25) is 14.4 Å². The molecule has 2 aliphatic rings. The van der Waals surface area contributed by atoms with Crippen LogP contribution in [0.1, 0.15) is 11.6 Å². The molecule has 8 nitrogen and oxygen atoms in total. The Morgan fingerprint density at radius 3 is 2.09 bits per heavy atom. The van der Waals surface area contributed by atoms with Crippen LogP contribution in [0, 0.1) is 11.7 Å². The molecule has 2 heterocycles. The number of amides is 2. The van der Waals surface area contributed by atoms with E-state index < -0.39 is 35.7 Å². The van der Waals surface area contributed by atoms with Crippen molar-refractivity contribution in [2.75, 3.05) is 31.3 Å². The maximum absolute atomic E-state index is 13.7. The van der Waals surface area contributed by atoms with Crippen molar-refractivity contribution in [2.45, 2.75) is 12.1 Å². The second-order valence-electron chi connectivity index (χ2n) is 8.07. The van der Waals surface area contributed by atoms with Crippen molar-refractivity contribution in [2.24, 2.45) is 5.92 Å². The first-order valence-electron chi connectivity index (χ1n) is 10.9. The largest absolute Gasteiger partial charge is 0.493 e. The van der Waals surface area contributed by atoms with E-state index in [4.69, 9.17) is 19.0 Å². The van der Waals surface area contributed by atoms with Gasteiger partial charge in [0.05, 0.1) is 32.7 Å². The summed E-state index contributed by atoms with van der Waals surface area (Å²) in [5.41, 5.74) is 1.53. The molecule has 0 bridgehead atoms. The molecule has 3 aromatic rings. The van der Waals surface area contributed by atoms with Gasteiger partial charge in [0.2, 0.25) is 11.7 Å². The van der Waals surface area contributed by atoms with Gasteiger partial charge < -0.3 is 14.2 Å². The molecule has 0 N–H and O–H groups in total. The van der Waals surface area contributed by atoms with Crippen molar-refractivity contribution in [3.63, 3.8) is 0 Å². The number of carbonyl (C=O) groups excluding carboxylic acids is 2. The SMILES string of the molecule is COc1ccc([C@H]2[C@H]3C(=O)N(c4ccc(F)cc4)C(=O)[C@H]3ON2c2ccccc2)c(OC)c1OC. The van der Waals surface area contributed by atoms with Crippen LogP contribution in [0.3, 0.4) is 0 Å². The number of methoxy groups -OCH3 is 3. The minimum atomic E-state index is -1.07. The number of hydroxylamine groups is 1. The van der Waals surface area contributed by atoms with Gasteiger partial charge in [-0.2, -0.15) is 0 Å². The molecule has 0 unspecified atom stereocenters. The van der Waals surface area contributed by atoms with E-state index in [0.717, 1.165) is 4.90 Å². The number of rotatable bonds is 6. The van der Waals surface area contributed by atoms with Crippen LogP contribution in [0.2, 0.25) is 0 Å². The number of benzene rings is 3. The molecule has 35 heavy (non-hydrogen) atoms. The number of hydrogen-bond donors (Lipinski definition) is 0. The highest BCUT2D eigenvalue weighted by atomic mass is 19.1. The number of imide groups is 1. The van der Waals surface area contributed by atoms with E-state index in [2.05, 4.69) is 0 Å². The number of anilines is 2. The number of halogens is 1. The van der Waals surface area contributed by atoms with Crippen molar-refractivity contribution in [3.8, 4) is 17.2 Å². The Labute approximate surface area is 201 Å². The normalized spacial score (nSPS) is 21.3. The molecule has 0 spiro atoms. The summed E-state index contributed by atoms with van der Waals surface area (Å²) < 4.78 is 30.1. The highest BCUT2D eigenvalue weighted by Crippen LogP contribution is 2.52. The van der Waals surface area contributed by atoms with Crippen LogP contribution in [0.15, 0.2) is 66.7 Å². The number of fused-ring (bicyclic) bond motifs is 1. The molecule has 9 heteroatoms. The minimum absolute atomic E-state index is 0.281. The summed E-state index contributed by atoms with van der Waals surface area (Å²) in [5, 5.41) is 1.57. The number of para-hydroxylation sites is 1. The van der Waals surface area contributed by atoms with Gasteiger partial charge in [-0.15, -0.1) is 0 Å². The summed E-state index contributed by atoms with van der Waals surface area (Å²) in [6.07, 6.45) is -1.07. The fourth-order valence-corrected chi connectivity index (χ4v) is 4.73. The summed E-state index contributed by atoms with van der Waals surface area (Å²) in [7, 11) is 4.50. The van der Waals surface area contributed by atoms with Crippen molar-refractivity contribution in [1.29, 1.82) is 0 Å². The fourth-order valence-electron chi connectivity index (χ4n) is 4.73. The third-order valence-corrected chi connectivity index (χ3v) is 6.26. The average Bonchev–Trinajstić information content (AvgIpc) is 3.39. The standard InChI is InChI=1S/C26H23FN2O6/c1-32-19-14-13-18(22(33-2)23(19)34-3)21-20-24(35-29(21)17-7-5-4-6-8-17)26(31)28(25(20)30)16-11-9-15(27)10-12-16/h4-14,20-21,24H,1-3H3/t20-,21+,24+/m1/s1. The average molecular weight is 478 g/mol. The summed E-state index contributed by atoms with van der Waals surface area (Å²) >= 11 is 0. The molecule has 2 aliphatic heterocycles. The van der Waals surface area contributed by atoms with E-state index in [0.29, 0.717) is 28.5 Å². The van der Waals surface area contributed by atoms with E-state index in [9.17, 15) is 14.0 Å². The number of nitrogens with zero attached hydrogens (tertiary/aromatic N) is 2. The number of ether oxygens (including phenoxy) is 3. The molecule has 0 aliphatic carbocycles. The summed E-state index contributed by atoms with van der Waals surface area (Å²) in [6, 6.07) is 17.2. The Bertz CT molecular complexity index is 1270. The summed E-state index contributed by atoms with van der Waals surface area (Å²) in [4.78, 5) is 34.3. The van der Waals surface area contributed by atoms with E-state index in [1.54, 1.807) is 17.2 Å². The zero-order valence-electron chi connectivity index (χ0n) is 19.3. The molecule has 5 rings (SSSR count). The molecule has 180 valence electrons. The lowest BCUT2D eigenvalue weighted by Gasteiger charge is -2.30. The van der Waals surface area contributed by atoms with Crippen LogP contribution >= 0.6 is 0 Å². The first kappa shape index (κ1) is 22.7. The summed E-state index contributed by atoms with van der Waals surface area (Å²) in [5.74, 6) is -1.15. The molecule has 2 fully saturated rings. The van der Waals surface area contributed by atoms with E-state index >= 15 is 0 Å². The van der Waals surface area contributed by atoms with Crippen molar-refractivity contribution in [3.05, 3.63) is 78.1 Å². The fraction of sp³-hybridized carbons (Fsp3) is 0.231. The van der Waals surface area contributed by atoms with Crippen molar-refractivity contribution in [1.82, 2.24) is 0 Å². The van der Waals surface area contributed by atoms with Gasteiger partial charge in [-0.1, -0.05) is 18.2 Å². The Kier molecular flexibility index (Phi) is 5.78. The lowest BCUT2D eigenvalue weighted by atomic mass is 9.89. The van der Waals surface area contributed by atoms with Crippen LogP contribution in [0.5, 0.6) is 17.2 Å². The van der Waals surface area contributed by atoms with E-state index in [-0.39, 0.29) is 5.69 Å². The number of hydrogen-bond acceptors (Lipinski definition) is 7. The van der Waals surface area contributed by atoms with Gasteiger partial charge in [0.15, 0.2) is 17.6 Å². The summed E-state index contributed by atoms with van der Waals surface area (Å²) in [6.45, 7) is 0. The van der Waals surface area contributed by atoms with Crippen LogP contribution in [-0.4, -0.2) is 39.2 Å². The Morgan fingerprint density at radius 1 is 0.771 bits per heavy atom. The topological polar surface area (TPSA) is 77.5 Å². The first-order valence-corrected chi connectivity index (χ1v) is 10.9. The molecule has 0 aromatic heterocycles.